The number of ether oxygens (including phenoxy) is 1. The number of nitrogens with one attached hydrogen (secondary N) is 1. The topological polar surface area (TPSA) is 103 Å². The second-order valence-corrected chi connectivity index (χ2v) is 10.9. The lowest BCUT2D eigenvalue weighted by molar-refractivity contribution is 0.0720. The van der Waals surface area contributed by atoms with Crippen LogP contribution in [0.2, 0.25) is 0 Å². The van der Waals surface area contributed by atoms with Crippen LogP contribution in [0.3, 0.4) is 0 Å². The molecule has 2 fully saturated rings. The number of hydrogen-bond donors (Lipinski definition) is 1. The van der Waals surface area contributed by atoms with Crippen LogP contribution in [-0.4, -0.2) is 91.1 Å². The Kier molecular flexibility index (Phi) is 7.84. The number of aromatic nitrogens is 2. The molecular formula is C31H34FN7O3. The fourth-order valence-electron chi connectivity index (χ4n) is 5.66. The van der Waals surface area contributed by atoms with Gasteiger partial charge in [0.25, 0.3) is 5.91 Å². The quantitative estimate of drug-likeness (QED) is 0.454. The van der Waals surface area contributed by atoms with Crippen LogP contribution in [0.1, 0.15) is 46.4 Å². The van der Waals surface area contributed by atoms with E-state index in [2.05, 4.69) is 37.1 Å². The lowest BCUT2D eigenvalue weighted by Crippen LogP contribution is -2.44. The smallest absolute Gasteiger partial charge is 0.257 e. The number of nitrogens with zero attached hydrogens (tertiary/aromatic N) is 6. The summed E-state index contributed by atoms with van der Waals surface area (Å²) in [5.41, 5.74) is 2.36. The number of carbonyl (C=O) groups is 2. The molecule has 2 aromatic heterocycles. The molecule has 0 radical (unpaired) electrons. The van der Waals surface area contributed by atoms with Crippen LogP contribution in [-0.2, 0) is 0 Å². The van der Waals surface area contributed by atoms with E-state index in [0.29, 0.717) is 30.2 Å². The van der Waals surface area contributed by atoms with E-state index in [1.807, 2.05) is 18.3 Å². The molecule has 5 heterocycles. The van der Waals surface area contributed by atoms with Crippen LogP contribution >= 0.6 is 0 Å². The SMILES string of the molecule is COc1cc(-c2cc(Nc3ccc(N4CCN(C)CC4)cn3)c3c(n2)N=CCC3=O)c(F)cc1C(=O)N1CCCCC1. The first-order chi connectivity index (χ1) is 20.4. The number of halogens is 1. The normalized spacial score (nSPS) is 17.3. The first-order valence-electron chi connectivity index (χ1n) is 14.4. The number of piperazine rings is 1. The Bertz CT molecular complexity index is 1530. The number of methoxy groups -OCH3 is 1. The van der Waals surface area contributed by atoms with Gasteiger partial charge in [-0.3, -0.25) is 9.59 Å². The number of aliphatic imine (C=N–C) groups is 1. The second-order valence-electron chi connectivity index (χ2n) is 10.9. The van der Waals surface area contributed by atoms with Gasteiger partial charge in [-0.05, 0) is 56.6 Å². The molecule has 0 bridgehead atoms. The highest BCUT2D eigenvalue weighted by atomic mass is 19.1. The summed E-state index contributed by atoms with van der Waals surface area (Å²) in [6, 6.07) is 8.19. The molecule has 11 heteroatoms. The van der Waals surface area contributed by atoms with Crippen molar-refractivity contribution >= 4 is 40.9 Å². The molecule has 218 valence electrons. The van der Waals surface area contributed by atoms with Crippen molar-refractivity contribution in [2.24, 2.45) is 4.99 Å². The molecule has 1 aromatic carbocycles. The molecule has 10 nitrogen and oxygen atoms in total. The van der Waals surface area contributed by atoms with Crippen LogP contribution in [0.15, 0.2) is 41.5 Å². The van der Waals surface area contributed by atoms with E-state index >= 15 is 4.39 Å². The predicted octanol–water partition coefficient (Wildman–Crippen LogP) is 4.70. The molecule has 6 rings (SSSR count). The molecule has 0 atom stereocenters. The maximum Gasteiger partial charge on any atom is 0.257 e. The van der Waals surface area contributed by atoms with Gasteiger partial charge < -0.3 is 24.8 Å². The molecule has 3 aliphatic heterocycles. The third kappa shape index (κ3) is 5.56. The number of amides is 1. The van der Waals surface area contributed by atoms with Gasteiger partial charge in [-0.25, -0.2) is 19.4 Å². The lowest BCUT2D eigenvalue weighted by atomic mass is 10.0. The number of carbonyl (C=O) groups excluding carboxylic acids is 2. The van der Waals surface area contributed by atoms with Crippen molar-refractivity contribution in [2.75, 3.05) is 63.6 Å². The average molecular weight is 572 g/mol. The van der Waals surface area contributed by atoms with Crippen molar-refractivity contribution in [3.63, 3.8) is 0 Å². The van der Waals surface area contributed by atoms with Crippen molar-refractivity contribution in [1.29, 1.82) is 0 Å². The molecule has 2 saturated heterocycles. The van der Waals surface area contributed by atoms with Crippen molar-refractivity contribution in [3.8, 4) is 17.0 Å². The molecule has 1 amide bonds. The zero-order valence-corrected chi connectivity index (χ0v) is 23.9. The summed E-state index contributed by atoms with van der Waals surface area (Å²) in [5.74, 6) is -0.00972. The summed E-state index contributed by atoms with van der Waals surface area (Å²) in [6.07, 6.45) is 6.39. The molecule has 3 aliphatic rings. The van der Waals surface area contributed by atoms with Crippen LogP contribution < -0.4 is 15.0 Å². The Morgan fingerprint density at radius 3 is 2.52 bits per heavy atom. The second kappa shape index (κ2) is 11.8. The highest BCUT2D eigenvalue weighted by molar-refractivity contribution is 6.13. The molecule has 1 N–H and O–H groups in total. The van der Waals surface area contributed by atoms with Crippen molar-refractivity contribution in [3.05, 3.63) is 53.5 Å². The van der Waals surface area contributed by atoms with Crippen molar-refractivity contribution < 1.29 is 18.7 Å². The maximum absolute atomic E-state index is 15.7. The number of hydrogen-bond acceptors (Lipinski definition) is 9. The fraction of sp³-hybridized carbons (Fsp3) is 0.387. The monoisotopic (exact) mass is 571 g/mol. The van der Waals surface area contributed by atoms with Gasteiger partial charge in [0.1, 0.15) is 17.4 Å². The zero-order valence-electron chi connectivity index (χ0n) is 23.9. The molecule has 0 aliphatic carbocycles. The van der Waals surface area contributed by atoms with Crippen molar-refractivity contribution in [1.82, 2.24) is 19.8 Å². The summed E-state index contributed by atoms with van der Waals surface area (Å²) >= 11 is 0. The molecule has 3 aromatic rings. The summed E-state index contributed by atoms with van der Waals surface area (Å²) in [7, 11) is 3.57. The third-order valence-corrected chi connectivity index (χ3v) is 8.09. The van der Waals surface area contributed by atoms with Crippen LogP contribution in [0.5, 0.6) is 5.75 Å². The summed E-state index contributed by atoms with van der Waals surface area (Å²) in [5, 5.41) is 3.24. The summed E-state index contributed by atoms with van der Waals surface area (Å²) < 4.78 is 21.2. The van der Waals surface area contributed by atoms with Gasteiger partial charge in [-0.1, -0.05) is 0 Å². The molecule has 42 heavy (non-hydrogen) atoms. The van der Waals surface area contributed by atoms with Crippen molar-refractivity contribution in [2.45, 2.75) is 25.7 Å². The largest absolute Gasteiger partial charge is 0.496 e. The lowest BCUT2D eigenvalue weighted by Gasteiger charge is -2.33. The Labute approximate surface area is 244 Å². The third-order valence-electron chi connectivity index (χ3n) is 8.09. The van der Waals surface area contributed by atoms with E-state index < -0.39 is 5.82 Å². The number of fused-ring (bicyclic) bond motifs is 1. The number of pyridine rings is 2. The van der Waals surface area contributed by atoms with Crippen LogP contribution in [0.25, 0.3) is 11.3 Å². The number of benzene rings is 1. The molecule has 0 spiro atoms. The van der Waals surface area contributed by atoms with Gasteiger partial charge >= 0.3 is 0 Å². The van der Waals surface area contributed by atoms with Gasteiger partial charge in [0.15, 0.2) is 11.6 Å². The first kappa shape index (κ1) is 27.8. The Balaban J connectivity index is 1.33. The van der Waals surface area contributed by atoms with Gasteiger partial charge in [-0.15, -0.1) is 0 Å². The zero-order chi connectivity index (χ0) is 29.2. The Hall–Kier alpha value is -4.38. The standard InChI is InChI=1S/C31H34FN7O3/c1-37-12-14-38(15-13-37)20-6-7-28(34-19-20)35-25-18-24(36-30-29(25)26(40)8-9-33-30)21-17-27(42-2)22(16-23(21)32)31(41)39-10-4-3-5-11-39/h6-7,9,16-19H,3-5,8,10-15H2,1-2H3,(H,34,35,36). The highest BCUT2D eigenvalue weighted by Gasteiger charge is 2.27. The van der Waals surface area contributed by atoms with Gasteiger partial charge in [0.05, 0.1) is 41.5 Å². The minimum Gasteiger partial charge on any atom is -0.496 e. The summed E-state index contributed by atoms with van der Waals surface area (Å²) in [6.45, 7) is 5.12. The Morgan fingerprint density at radius 1 is 1.02 bits per heavy atom. The number of piperidine rings is 1. The number of likely N-dealkylation sites (N-methyl/N-ethyl adjacent to an activating group) is 1. The van der Waals surface area contributed by atoms with E-state index in [0.717, 1.165) is 51.1 Å². The maximum atomic E-state index is 15.7. The van der Waals surface area contributed by atoms with E-state index in [9.17, 15) is 9.59 Å². The Morgan fingerprint density at radius 2 is 1.81 bits per heavy atom. The van der Waals surface area contributed by atoms with Gasteiger partial charge in [0, 0.05) is 57.5 Å². The minimum atomic E-state index is -0.615. The van der Waals surface area contributed by atoms with Gasteiger partial charge in [-0.2, -0.15) is 0 Å². The van der Waals surface area contributed by atoms with Crippen LogP contribution in [0.4, 0.5) is 27.4 Å². The molecule has 0 unspecified atom stereocenters. The van der Waals surface area contributed by atoms with Crippen LogP contribution in [0, 0.1) is 5.82 Å². The molecule has 0 saturated carbocycles. The number of likely N-dealkylation sites (tertiary alicyclic amines) is 1. The fourth-order valence-corrected chi connectivity index (χ4v) is 5.66. The van der Waals surface area contributed by atoms with E-state index in [-0.39, 0.29) is 46.5 Å². The number of anilines is 3. The highest BCUT2D eigenvalue weighted by Crippen LogP contribution is 2.38. The number of rotatable bonds is 6. The predicted molar refractivity (Wildman–Crippen MR) is 160 cm³/mol. The van der Waals surface area contributed by atoms with E-state index in [1.165, 1.54) is 25.5 Å². The minimum absolute atomic E-state index is 0.138. The number of ketones is 1. The number of Topliss-reactive ketones (excluding diaryl/α,β-unsaturated/α-hetero) is 1. The summed E-state index contributed by atoms with van der Waals surface area (Å²) in [4.78, 5) is 45.9. The van der Waals surface area contributed by atoms with E-state index in [4.69, 9.17) is 4.74 Å². The van der Waals surface area contributed by atoms with E-state index in [1.54, 1.807) is 11.0 Å². The average Bonchev–Trinajstić information content (AvgIpc) is 3.01. The molecular weight excluding hydrogens is 537 g/mol. The first-order valence-corrected chi connectivity index (χ1v) is 14.4. The van der Waals surface area contributed by atoms with Gasteiger partial charge in [0.2, 0.25) is 0 Å².